The van der Waals surface area contributed by atoms with E-state index in [9.17, 15) is 18.0 Å². The van der Waals surface area contributed by atoms with Crippen molar-refractivity contribution in [1.29, 1.82) is 0 Å². The third-order valence-electron chi connectivity index (χ3n) is 1.10. The van der Waals surface area contributed by atoms with Gasteiger partial charge in [-0.3, -0.25) is 9.59 Å². The average molecular weight is 207 g/mol. The monoisotopic (exact) mass is 207 g/mol. The molecule has 0 fully saturated rings. The van der Waals surface area contributed by atoms with Crippen molar-refractivity contribution in [2.24, 2.45) is 0 Å². The Bertz CT molecular complexity index is 331. The zero-order chi connectivity index (χ0) is 10.6. The highest BCUT2D eigenvalue weighted by atomic mass is 32.2. The van der Waals surface area contributed by atoms with Gasteiger partial charge in [-0.25, -0.2) is 12.7 Å². The molecule has 0 aliphatic heterocycles. The maximum Gasteiger partial charge on any atom is 0.324 e. The number of rotatable bonds is 4. The van der Waals surface area contributed by atoms with Crippen molar-refractivity contribution in [3.63, 3.8) is 0 Å². The first-order chi connectivity index (χ1) is 5.79. The van der Waals surface area contributed by atoms with Crippen molar-refractivity contribution in [3.05, 3.63) is 12.7 Å². The standard InChI is InChI=1S/C6H9NO5S/c1-3-5(8)7(4-6(9)10)13(2,11)12/h3H,1,4H2,2H3,(H,9,10). The van der Waals surface area contributed by atoms with E-state index in [1.54, 1.807) is 0 Å². The van der Waals surface area contributed by atoms with Crippen molar-refractivity contribution < 1.29 is 23.1 Å². The lowest BCUT2D eigenvalue weighted by atomic mass is 10.5. The summed E-state index contributed by atoms with van der Waals surface area (Å²) in [7, 11) is -3.84. The Labute approximate surface area is 75.5 Å². The van der Waals surface area contributed by atoms with Gasteiger partial charge in [0.25, 0.3) is 5.91 Å². The van der Waals surface area contributed by atoms with Gasteiger partial charge in [0.15, 0.2) is 0 Å². The van der Waals surface area contributed by atoms with Crippen molar-refractivity contribution >= 4 is 21.9 Å². The number of hydrogen-bond acceptors (Lipinski definition) is 4. The van der Waals surface area contributed by atoms with Crippen LogP contribution in [0.4, 0.5) is 0 Å². The van der Waals surface area contributed by atoms with Crippen LogP contribution < -0.4 is 0 Å². The minimum absolute atomic E-state index is 0.225. The Balaban J connectivity index is 4.88. The summed E-state index contributed by atoms with van der Waals surface area (Å²) in [6.45, 7) is 2.17. The number of sulfonamides is 1. The number of carboxylic acid groups (broad SMARTS) is 1. The third kappa shape index (κ3) is 3.70. The molecule has 0 spiro atoms. The molecule has 0 bridgehead atoms. The quantitative estimate of drug-likeness (QED) is 0.600. The van der Waals surface area contributed by atoms with E-state index >= 15 is 0 Å². The minimum Gasteiger partial charge on any atom is -0.480 e. The van der Waals surface area contributed by atoms with Crippen molar-refractivity contribution in [3.8, 4) is 0 Å². The van der Waals surface area contributed by atoms with E-state index in [0.29, 0.717) is 0 Å². The Kier molecular flexibility index (Phi) is 3.61. The van der Waals surface area contributed by atoms with Gasteiger partial charge in [0.2, 0.25) is 10.0 Å². The SMILES string of the molecule is C=CC(=O)N(CC(=O)O)S(C)(=O)=O. The number of carbonyl (C=O) groups excluding carboxylic acids is 1. The van der Waals surface area contributed by atoms with E-state index in [4.69, 9.17) is 5.11 Å². The van der Waals surface area contributed by atoms with Crippen LogP contribution in [0, 0.1) is 0 Å². The smallest absolute Gasteiger partial charge is 0.324 e. The molecule has 6 nitrogen and oxygen atoms in total. The van der Waals surface area contributed by atoms with E-state index in [2.05, 4.69) is 6.58 Å². The van der Waals surface area contributed by atoms with Crippen molar-refractivity contribution in [2.45, 2.75) is 0 Å². The van der Waals surface area contributed by atoms with E-state index in [0.717, 1.165) is 12.3 Å². The number of carbonyl (C=O) groups is 2. The van der Waals surface area contributed by atoms with Crippen LogP contribution >= 0.6 is 0 Å². The van der Waals surface area contributed by atoms with Gasteiger partial charge in [0.1, 0.15) is 6.54 Å². The van der Waals surface area contributed by atoms with Gasteiger partial charge in [-0.1, -0.05) is 6.58 Å². The highest BCUT2D eigenvalue weighted by Crippen LogP contribution is 1.98. The molecule has 0 unspecified atom stereocenters. The largest absolute Gasteiger partial charge is 0.480 e. The van der Waals surface area contributed by atoms with Crippen LogP contribution in [0.3, 0.4) is 0 Å². The molecule has 0 saturated heterocycles. The molecule has 0 atom stereocenters. The summed E-state index contributed by atoms with van der Waals surface area (Å²) in [5.74, 6) is -2.36. The Morgan fingerprint density at radius 2 is 2.00 bits per heavy atom. The molecule has 74 valence electrons. The van der Waals surface area contributed by atoms with Crippen LogP contribution in [0.1, 0.15) is 0 Å². The lowest BCUT2D eigenvalue weighted by Gasteiger charge is -2.15. The van der Waals surface area contributed by atoms with E-state index in [1.807, 2.05) is 0 Å². The Morgan fingerprint density at radius 3 is 2.23 bits per heavy atom. The van der Waals surface area contributed by atoms with Crippen LogP contribution in [-0.4, -0.2) is 42.5 Å². The second kappa shape index (κ2) is 4.04. The van der Waals surface area contributed by atoms with E-state index in [-0.39, 0.29) is 4.31 Å². The molecular formula is C6H9NO5S. The minimum atomic E-state index is -3.84. The molecule has 0 aromatic heterocycles. The fourth-order valence-electron chi connectivity index (χ4n) is 0.583. The first-order valence-corrected chi connectivity index (χ1v) is 4.99. The second-order valence-electron chi connectivity index (χ2n) is 2.21. The van der Waals surface area contributed by atoms with Gasteiger partial charge >= 0.3 is 5.97 Å². The molecule has 0 aliphatic rings. The molecule has 1 amide bonds. The average Bonchev–Trinajstić information content (AvgIpc) is 1.96. The first-order valence-electron chi connectivity index (χ1n) is 3.15. The van der Waals surface area contributed by atoms with Crippen LogP contribution in [-0.2, 0) is 19.6 Å². The molecule has 0 aromatic carbocycles. The lowest BCUT2D eigenvalue weighted by Crippen LogP contribution is -2.38. The summed E-state index contributed by atoms with van der Waals surface area (Å²) in [4.78, 5) is 21.0. The highest BCUT2D eigenvalue weighted by molar-refractivity contribution is 7.88. The van der Waals surface area contributed by atoms with Gasteiger partial charge < -0.3 is 5.11 Å². The zero-order valence-corrected chi connectivity index (χ0v) is 7.74. The maximum absolute atomic E-state index is 10.9. The van der Waals surface area contributed by atoms with Crippen LogP contribution in [0.25, 0.3) is 0 Å². The predicted molar refractivity (Wildman–Crippen MR) is 44.4 cm³/mol. The van der Waals surface area contributed by atoms with E-state index < -0.39 is 28.4 Å². The van der Waals surface area contributed by atoms with Gasteiger partial charge in [-0.15, -0.1) is 0 Å². The molecule has 0 rings (SSSR count). The normalized spacial score (nSPS) is 10.5. The molecule has 0 saturated carbocycles. The van der Waals surface area contributed by atoms with Gasteiger partial charge in [-0.2, -0.15) is 0 Å². The number of aliphatic carboxylic acids is 1. The topological polar surface area (TPSA) is 91.8 Å². The van der Waals surface area contributed by atoms with Crippen LogP contribution in [0.5, 0.6) is 0 Å². The molecule has 1 N–H and O–H groups in total. The molecular weight excluding hydrogens is 198 g/mol. The highest BCUT2D eigenvalue weighted by Gasteiger charge is 2.23. The summed E-state index contributed by atoms with van der Waals surface area (Å²) in [5.41, 5.74) is 0. The molecule has 0 aliphatic carbocycles. The summed E-state index contributed by atoms with van der Waals surface area (Å²) in [6, 6.07) is 0. The maximum atomic E-state index is 10.9. The third-order valence-corrected chi connectivity index (χ3v) is 2.21. The summed E-state index contributed by atoms with van der Waals surface area (Å²) < 4.78 is 21.9. The van der Waals surface area contributed by atoms with Crippen molar-refractivity contribution in [1.82, 2.24) is 4.31 Å². The number of amides is 1. The van der Waals surface area contributed by atoms with Gasteiger partial charge in [-0.05, 0) is 6.08 Å². The van der Waals surface area contributed by atoms with Crippen LogP contribution in [0.15, 0.2) is 12.7 Å². The summed E-state index contributed by atoms with van der Waals surface area (Å²) in [5, 5.41) is 8.30. The second-order valence-corrected chi connectivity index (χ2v) is 4.11. The van der Waals surface area contributed by atoms with E-state index in [1.165, 1.54) is 0 Å². The fraction of sp³-hybridized carbons (Fsp3) is 0.333. The summed E-state index contributed by atoms with van der Waals surface area (Å²) in [6.07, 6.45) is 1.49. The molecule has 0 aromatic rings. The Hall–Kier alpha value is -1.37. The fourth-order valence-corrected chi connectivity index (χ4v) is 1.33. The predicted octanol–water partition coefficient (Wildman–Crippen LogP) is -0.955. The number of hydrogen-bond donors (Lipinski definition) is 1. The van der Waals surface area contributed by atoms with Crippen LogP contribution in [0.2, 0.25) is 0 Å². The number of nitrogens with zero attached hydrogens (tertiary/aromatic N) is 1. The number of carboxylic acids is 1. The molecule has 0 heterocycles. The molecule has 13 heavy (non-hydrogen) atoms. The van der Waals surface area contributed by atoms with Gasteiger partial charge in [0, 0.05) is 0 Å². The molecule has 7 heteroatoms. The zero-order valence-electron chi connectivity index (χ0n) is 6.93. The molecule has 0 radical (unpaired) electrons. The Morgan fingerprint density at radius 1 is 1.54 bits per heavy atom. The first kappa shape index (κ1) is 11.6. The van der Waals surface area contributed by atoms with Gasteiger partial charge in [0.05, 0.1) is 6.26 Å². The summed E-state index contributed by atoms with van der Waals surface area (Å²) >= 11 is 0. The lowest BCUT2D eigenvalue weighted by molar-refractivity contribution is -0.140. The van der Waals surface area contributed by atoms with Crippen molar-refractivity contribution in [2.75, 3.05) is 12.8 Å².